The highest BCUT2D eigenvalue weighted by Crippen LogP contribution is 2.16. The molecular weight excluding hydrogens is 226 g/mol. The van der Waals surface area contributed by atoms with E-state index in [9.17, 15) is 14.9 Å². The molecular formula is C10H13N3O4. The number of rotatable bonds is 4. The third kappa shape index (κ3) is 4.07. The lowest BCUT2D eigenvalue weighted by Crippen LogP contribution is -2.38. The normalized spacial score (nSPS) is 11.6. The van der Waals surface area contributed by atoms with E-state index in [1.54, 1.807) is 6.92 Å². The van der Waals surface area contributed by atoms with Gasteiger partial charge in [0.2, 0.25) is 0 Å². The highest BCUT2D eigenvalue weighted by molar-refractivity contribution is 5.89. The van der Waals surface area contributed by atoms with Gasteiger partial charge in [-0.2, -0.15) is 0 Å². The van der Waals surface area contributed by atoms with Gasteiger partial charge in [-0.15, -0.1) is 0 Å². The standard InChI is InChI=1S/C10H13N3O4/c1-7(6-14)11-10(15)12-8-3-2-4-9(5-8)13(16)17/h2-5,7,14H,6H2,1H3,(H2,11,12,15)/t7-/m1/s1. The number of aliphatic hydroxyl groups is 1. The highest BCUT2D eigenvalue weighted by atomic mass is 16.6. The maximum absolute atomic E-state index is 11.4. The molecule has 0 spiro atoms. The van der Waals surface area contributed by atoms with E-state index < -0.39 is 11.0 Å². The summed E-state index contributed by atoms with van der Waals surface area (Å²) in [6.07, 6.45) is 0. The lowest BCUT2D eigenvalue weighted by Gasteiger charge is -2.11. The first-order chi connectivity index (χ1) is 8.02. The smallest absolute Gasteiger partial charge is 0.319 e. The zero-order valence-electron chi connectivity index (χ0n) is 9.21. The predicted octanol–water partition coefficient (Wildman–Crippen LogP) is 1.10. The average Bonchev–Trinajstić information content (AvgIpc) is 2.28. The fourth-order valence-electron chi connectivity index (χ4n) is 1.13. The van der Waals surface area contributed by atoms with Crippen molar-refractivity contribution >= 4 is 17.4 Å². The van der Waals surface area contributed by atoms with Crippen LogP contribution in [0.2, 0.25) is 0 Å². The van der Waals surface area contributed by atoms with Crippen LogP contribution in [0.5, 0.6) is 0 Å². The first-order valence-corrected chi connectivity index (χ1v) is 4.95. The van der Waals surface area contributed by atoms with Crippen molar-refractivity contribution in [2.24, 2.45) is 0 Å². The molecule has 1 rings (SSSR count). The number of benzene rings is 1. The molecule has 1 aromatic rings. The van der Waals surface area contributed by atoms with Crippen LogP contribution in [-0.4, -0.2) is 28.7 Å². The Hall–Kier alpha value is -2.15. The molecule has 0 aromatic heterocycles. The fourth-order valence-corrected chi connectivity index (χ4v) is 1.13. The summed E-state index contributed by atoms with van der Waals surface area (Å²) in [5.41, 5.74) is 0.222. The fraction of sp³-hybridized carbons (Fsp3) is 0.300. The minimum atomic E-state index is -0.542. The van der Waals surface area contributed by atoms with Gasteiger partial charge in [-0.3, -0.25) is 10.1 Å². The Morgan fingerprint density at radius 1 is 1.59 bits per heavy atom. The van der Waals surface area contributed by atoms with E-state index in [4.69, 9.17) is 5.11 Å². The number of amides is 2. The van der Waals surface area contributed by atoms with Gasteiger partial charge in [-0.25, -0.2) is 4.79 Å². The second kappa shape index (κ2) is 5.80. The van der Waals surface area contributed by atoms with Gasteiger partial charge in [-0.1, -0.05) is 6.07 Å². The first-order valence-electron chi connectivity index (χ1n) is 4.95. The number of non-ortho nitro benzene ring substituents is 1. The highest BCUT2D eigenvalue weighted by Gasteiger charge is 2.09. The van der Waals surface area contributed by atoms with Gasteiger partial charge >= 0.3 is 6.03 Å². The van der Waals surface area contributed by atoms with Crippen LogP contribution in [0.3, 0.4) is 0 Å². The number of hydrogen-bond donors (Lipinski definition) is 3. The van der Waals surface area contributed by atoms with E-state index in [0.717, 1.165) is 0 Å². The molecule has 92 valence electrons. The van der Waals surface area contributed by atoms with Crippen molar-refractivity contribution in [3.05, 3.63) is 34.4 Å². The first kappa shape index (κ1) is 12.9. The molecule has 0 heterocycles. The van der Waals surface area contributed by atoms with Crippen LogP contribution >= 0.6 is 0 Å². The number of nitro groups is 1. The summed E-state index contributed by atoms with van der Waals surface area (Å²) < 4.78 is 0. The third-order valence-electron chi connectivity index (χ3n) is 1.97. The lowest BCUT2D eigenvalue weighted by atomic mass is 10.3. The van der Waals surface area contributed by atoms with E-state index in [-0.39, 0.29) is 18.3 Å². The number of anilines is 1. The summed E-state index contributed by atoms with van der Waals surface area (Å²) in [5.74, 6) is 0. The Morgan fingerprint density at radius 3 is 2.88 bits per heavy atom. The summed E-state index contributed by atoms with van der Waals surface area (Å²) in [4.78, 5) is 21.3. The molecule has 17 heavy (non-hydrogen) atoms. The quantitative estimate of drug-likeness (QED) is 0.540. The van der Waals surface area contributed by atoms with Gasteiger partial charge in [-0.05, 0) is 13.0 Å². The maximum atomic E-state index is 11.4. The zero-order valence-corrected chi connectivity index (χ0v) is 9.21. The summed E-state index contributed by atoms with van der Waals surface area (Å²) >= 11 is 0. The Kier molecular flexibility index (Phi) is 4.41. The van der Waals surface area contributed by atoms with Crippen molar-refractivity contribution in [2.75, 3.05) is 11.9 Å². The van der Waals surface area contributed by atoms with E-state index in [1.807, 2.05) is 0 Å². The molecule has 0 aliphatic heterocycles. The number of aliphatic hydroxyl groups excluding tert-OH is 1. The van der Waals surface area contributed by atoms with Crippen LogP contribution in [0, 0.1) is 10.1 Å². The van der Waals surface area contributed by atoms with Crippen LogP contribution in [0.25, 0.3) is 0 Å². The van der Waals surface area contributed by atoms with Crippen molar-refractivity contribution in [1.82, 2.24) is 5.32 Å². The molecule has 7 heteroatoms. The summed E-state index contributed by atoms with van der Waals surface area (Å²) in [6, 6.07) is 4.70. The SMILES string of the molecule is C[C@H](CO)NC(=O)Nc1cccc([N+](=O)[O-])c1. The molecule has 0 bridgehead atoms. The van der Waals surface area contributed by atoms with Crippen molar-refractivity contribution in [3.8, 4) is 0 Å². The number of hydrogen-bond acceptors (Lipinski definition) is 4. The largest absolute Gasteiger partial charge is 0.394 e. The lowest BCUT2D eigenvalue weighted by molar-refractivity contribution is -0.384. The Bertz CT molecular complexity index is 422. The number of carbonyl (C=O) groups excluding carboxylic acids is 1. The minimum absolute atomic E-state index is 0.0991. The number of nitrogens with zero attached hydrogens (tertiary/aromatic N) is 1. The van der Waals surface area contributed by atoms with Crippen molar-refractivity contribution < 1.29 is 14.8 Å². The van der Waals surface area contributed by atoms with Crippen LogP contribution in [0.15, 0.2) is 24.3 Å². The molecule has 0 aliphatic rings. The van der Waals surface area contributed by atoms with Gasteiger partial charge in [0, 0.05) is 17.8 Å². The summed E-state index contributed by atoms with van der Waals surface area (Å²) in [7, 11) is 0. The molecule has 0 fully saturated rings. The van der Waals surface area contributed by atoms with Gasteiger partial charge < -0.3 is 15.7 Å². The van der Waals surface area contributed by atoms with Gasteiger partial charge in [0.15, 0.2) is 0 Å². The maximum Gasteiger partial charge on any atom is 0.319 e. The Morgan fingerprint density at radius 2 is 2.29 bits per heavy atom. The van der Waals surface area contributed by atoms with E-state index >= 15 is 0 Å². The molecule has 0 saturated carbocycles. The Labute approximate surface area is 97.6 Å². The Balaban J connectivity index is 2.65. The van der Waals surface area contributed by atoms with E-state index in [2.05, 4.69) is 10.6 Å². The number of urea groups is 1. The van der Waals surface area contributed by atoms with Crippen molar-refractivity contribution in [3.63, 3.8) is 0 Å². The molecule has 2 amide bonds. The van der Waals surface area contributed by atoms with Crippen LogP contribution in [0.4, 0.5) is 16.2 Å². The molecule has 0 radical (unpaired) electrons. The monoisotopic (exact) mass is 239 g/mol. The predicted molar refractivity (Wildman–Crippen MR) is 61.8 cm³/mol. The summed E-state index contributed by atoms with van der Waals surface area (Å²) in [5, 5.41) is 24.1. The second-order valence-electron chi connectivity index (χ2n) is 3.49. The van der Waals surface area contributed by atoms with Crippen LogP contribution in [-0.2, 0) is 0 Å². The third-order valence-corrected chi connectivity index (χ3v) is 1.97. The second-order valence-corrected chi connectivity index (χ2v) is 3.49. The molecule has 7 nitrogen and oxygen atoms in total. The van der Waals surface area contributed by atoms with E-state index in [1.165, 1.54) is 24.3 Å². The molecule has 1 atom stereocenters. The molecule has 0 unspecified atom stereocenters. The molecule has 1 aromatic carbocycles. The van der Waals surface area contributed by atoms with Crippen molar-refractivity contribution in [2.45, 2.75) is 13.0 Å². The average molecular weight is 239 g/mol. The number of carbonyl (C=O) groups is 1. The zero-order chi connectivity index (χ0) is 12.8. The molecule has 3 N–H and O–H groups in total. The minimum Gasteiger partial charge on any atom is -0.394 e. The van der Waals surface area contributed by atoms with Crippen molar-refractivity contribution in [1.29, 1.82) is 0 Å². The van der Waals surface area contributed by atoms with Crippen LogP contribution < -0.4 is 10.6 Å². The van der Waals surface area contributed by atoms with E-state index in [0.29, 0.717) is 5.69 Å². The van der Waals surface area contributed by atoms with Gasteiger partial charge in [0.25, 0.3) is 5.69 Å². The van der Waals surface area contributed by atoms with Gasteiger partial charge in [0.05, 0.1) is 17.6 Å². The number of nitrogens with one attached hydrogen (secondary N) is 2. The molecule has 0 aliphatic carbocycles. The topological polar surface area (TPSA) is 104 Å². The van der Waals surface area contributed by atoms with Crippen LogP contribution in [0.1, 0.15) is 6.92 Å². The summed E-state index contributed by atoms with van der Waals surface area (Å²) in [6.45, 7) is 1.45. The molecule has 0 saturated heterocycles. The number of nitro benzene ring substituents is 1. The van der Waals surface area contributed by atoms with Gasteiger partial charge in [0.1, 0.15) is 0 Å².